The molecule has 1 aliphatic heterocycles. The molecule has 100 valence electrons. The standard InChI is InChI=1S/C12H19N3O2S/c1-8-6-15(7-9(8)2)11-3-10(13)4-12(5-11)18(14,16)17/h3-5,8-9H,6-7,13H2,1-2H3,(H2,14,16,17). The van der Waals surface area contributed by atoms with Gasteiger partial charge in [0.05, 0.1) is 4.90 Å². The van der Waals surface area contributed by atoms with Gasteiger partial charge >= 0.3 is 0 Å². The van der Waals surface area contributed by atoms with E-state index >= 15 is 0 Å². The molecule has 0 radical (unpaired) electrons. The Kier molecular flexibility index (Phi) is 3.25. The predicted octanol–water partition coefficient (Wildman–Crippen LogP) is 1.01. The summed E-state index contributed by atoms with van der Waals surface area (Å²) in [7, 11) is -3.71. The van der Waals surface area contributed by atoms with Crippen LogP contribution < -0.4 is 15.8 Å². The quantitative estimate of drug-likeness (QED) is 0.784. The minimum atomic E-state index is -3.71. The van der Waals surface area contributed by atoms with Gasteiger partial charge < -0.3 is 10.6 Å². The third kappa shape index (κ3) is 2.59. The molecule has 2 atom stereocenters. The SMILES string of the molecule is CC1CN(c2cc(N)cc(S(N)(=O)=O)c2)CC1C. The van der Waals surface area contributed by atoms with Gasteiger partial charge in [-0.25, -0.2) is 13.6 Å². The Labute approximate surface area is 108 Å². The Hall–Kier alpha value is -1.27. The van der Waals surface area contributed by atoms with Crippen molar-refractivity contribution in [1.82, 2.24) is 0 Å². The van der Waals surface area contributed by atoms with Gasteiger partial charge in [0.2, 0.25) is 10.0 Å². The summed E-state index contributed by atoms with van der Waals surface area (Å²) in [6, 6.07) is 4.78. The fourth-order valence-corrected chi connectivity index (χ4v) is 2.88. The lowest BCUT2D eigenvalue weighted by atomic mass is 10.0. The number of nitrogen functional groups attached to an aromatic ring is 1. The minimum absolute atomic E-state index is 0.0738. The van der Waals surface area contributed by atoms with E-state index in [0.717, 1.165) is 18.8 Å². The molecule has 6 heteroatoms. The topological polar surface area (TPSA) is 89.4 Å². The summed E-state index contributed by atoms with van der Waals surface area (Å²) in [5.41, 5.74) is 7.00. The monoisotopic (exact) mass is 269 g/mol. The average Bonchev–Trinajstić information content (AvgIpc) is 2.57. The fourth-order valence-electron chi connectivity index (χ4n) is 2.29. The molecule has 0 aliphatic carbocycles. The average molecular weight is 269 g/mol. The maximum absolute atomic E-state index is 11.4. The molecule has 1 aromatic carbocycles. The van der Waals surface area contributed by atoms with Crippen LogP contribution in [0.1, 0.15) is 13.8 Å². The number of hydrogen-bond donors (Lipinski definition) is 2. The van der Waals surface area contributed by atoms with Crippen LogP contribution in [0.15, 0.2) is 23.1 Å². The lowest BCUT2D eigenvalue weighted by molar-refractivity contribution is 0.494. The zero-order chi connectivity index (χ0) is 13.5. The molecular weight excluding hydrogens is 250 g/mol. The van der Waals surface area contributed by atoms with E-state index in [1.165, 1.54) is 6.07 Å². The maximum atomic E-state index is 11.4. The number of nitrogens with zero attached hydrogens (tertiary/aromatic N) is 1. The van der Waals surface area contributed by atoms with E-state index in [0.29, 0.717) is 17.5 Å². The van der Waals surface area contributed by atoms with Crippen LogP contribution in [-0.2, 0) is 10.0 Å². The first kappa shape index (κ1) is 13.2. The summed E-state index contributed by atoms with van der Waals surface area (Å²) >= 11 is 0. The molecule has 1 fully saturated rings. The molecule has 2 unspecified atom stereocenters. The van der Waals surface area contributed by atoms with Crippen molar-refractivity contribution in [2.24, 2.45) is 17.0 Å². The van der Waals surface area contributed by atoms with E-state index in [4.69, 9.17) is 10.9 Å². The highest BCUT2D eigenvalue weighted by Crippen LogP contribution is 2.30. The molecule has 0 aromatic heterocycles. The van der Waals surface area contributed by atoms with E-state index < -0.39 is 10.0 Å². The van der Waals surface area contributed by atoms with Gasteiger partial charge in [-0.15, -0.1) is 0 Å². The second-order valence-corrected chi connectivity index (χ2v) is 6.73. The number of rotatable bonds is 2. The van der Waals surface area contributed by atoms with Crippen LogP contribution in [0.2, 0.25) is 0 Å². The van der Waals surface area contributed by atoms with Gasteiger partial charge in [0.15, 0.2) is 0 Å². The molecule has 1 saturated heterocycles. The molecule has 1 heterocycles. The number of sulfonamides is 1. The number of primary sulfonamides is 1. The van der Waals surface area contributed by atoms with E-state index in [2.05, 4.69) is 18.7 Å². The molecule has 1 aliphatic rings. The van der Waals surface area contributed by atoms with Crippen molar-refractivity contribution in [3.63, 3.8) is 0 Å². The number of benzene rings is 1. The van der Waals surface area contributed by atoms with Crippen molar-refractivity contribution >= 4 is 21.4 Å². The van der Waals surface area contributed by atoms with Gasteiger partial charge in [-0.2, -0.15) is 0 Å². The van der Waals surface area contributed by atoms with Gasteiger partial charge in [-0.1, -0.05) is 13.8 Å². The Morgan fingerprint density at radius 1 is 1.17 bits per heavy atom. The summed E-state index contributed by atoms with van der Waals surface area (Å²) in [4.78, 5) is 2.23. The smallest absolute Gasteiger partial charge is 0.238 e. The molecule has 18 heavy (non-hydrogen) atoms. The zero-order valence-corrected chi connectivity index (χ0v) is 11.4. The highest BCUT2D eigenvalue weighted by atomic mass is 32.2. The first-order valence-corrected chi connectivity index (χ1v) is 7.50. The lowest BCUT2D eigenvalue weighted by Crippen LogP contribution is -2.21. The third-order valence-electron chi connectivity index (χ3n) is 3.60. The van der Waals surface area contributed by atoms with Crippen molar-refractivity contribution in [3.05, 3.63) is 18.2 Å². The van der Waals surface area contributed by atoms with Crippen molar-refractivity contribution in [3.8, 4) is 0 Å². The molecule has 4 N–H and O–H groups in total. The number of anilines is 2. The maximum Gasteiger partial charge on any atom is 0.238 e. The summed E-state index contributed by atoms with van der Waals surface area (Å²) in [5, 5.41) is 5.15. The second-order valence-electron chi connectivity index (χ2n) is 5.16. The van der Waals surface area contributed by atoms with E-state index in [1.54, 1.807) is 12.1 Å². The van der Waals surface area contributed by atoms with Gasteiger partial charge in [-0.3, -0.25) is 0 Å². The first-order valence-electron chi connectivity index (χ1n) is 5.95. The van der Waals surface area contributed by atoms with Crippen LogP contribution in [0, 0.1) is 11.8 Å². The zero-order valence-electron chi connectivity index (χ0n) is 10.6. The van der Waals surface area contributed by atoms with Crippen molar-refractivity contribution in [2.45, 2.75) is 18.7 Å². The highest BCUT2D eigenvalue weighted by molar-refractivity contribution is 7.89. The summed E-state index contributed by atoms with van der Waals surface area (Å²) in [5.74, 6) is 1.17. The van der Waals surface area contributed by atoms with Crippen molar-refractivity contribution in [2.75, 3.05) is 23.7 Å². The van der Waals surface area contributed by atoms with E-state index in [-0.39, 0.29) is 4.90 Å². The number of hydrogen-bond acceptors (Lipinski definition) is 4. The Morgan fingerprint density at radius 2 is 1.72 bits per heavy atom. The Balaban J connectivity index is 2.38. The van der Waals surface area contributed by atoms with Gasteiger partial charge in [-0.05, 0) is 30.0 Å². The number of nitrogens with two attached hydrogens (primary N) is 2. The molecule has 2 rings (SSSR count). The Bertz CT molecular complexity index is 546. The predicted molar refractivity (Wildman–Crippen MR) is 72.8 cm³/mol. The largest absolute Gasteiger partial charge is 0.399 e. The molecule has 0 saturated carbocycles. The summed E-state index contributed by atoms with van der Waals surface area (Å²) < 4.78 is 22.8. The van der Waals surface area contributed by atoms with Crippen LogP contribution in [0.4, 0.5) is 11.4 Å². The minimum Gasteiger partial charge on any atom is -0.399 e. The summed E-state index contributed by atoms with van der Waals surface area (Å²) in [6.07, 6.45) is 0. The first-order chi connectivity index (χ1) is 8.27. The molecule has 1 aromatic rings. The van der Waals surface area contributed by atoms with Crippen LogP contribution in [0.5, 0.6) is 0 Å². The van der Waals surface area contributed by atoms with Gasteiger partial charge in [0.1, 0.15) is 0 Å². The van der Waals surface area contributed by atoms with Crippen LogP contribution >= 0.6 is 0 Å². The van der Waals surface area contributed by atoms with Gasteiger partial charge in [0.25, 0.3) is 0 Å². The highest BCUT2D eigenvalue weighted by Gasteiger charge is 2.26. The molecule has 0 bridgehead atoms. The van der Waals surface area contributed by atoms with Gasteiger partial charge in [0, 0.05) is 24.5 Å². The molecular formula is C12H19N3O2S. The normalized spacial score (nSPS) is 24.5. The third-order valence-corrected chi connectivity index (χ3v) is 4.49. The summed E-state index contributed by atoms with van der Waals surface area (Å²) in [6.45, 7) is 6.21. The Morgan fingerprint density at radius 3 is 2.22 bits per heavy atom. The molecule has 5 nitrogen and oxygen atoms in total. The molecule has 0 spiro atoms. The molecule has 0 amide bonds. The lowest BCUT2D eigenvalue weighted by Gasteiger charge is -2.19. The van der Waals surface area contributed by atoms with Crippen molar-refractivity contribution in [1.29, 1.82) is 0 Å². The fraction of sp³-hybridized carbons (Fsp3) is 0.500. The van der Waals surface area contributed by atoms with E-state index in [9.17, 15) is 8.42 Å². The van der Waals surface area contributed by atoms with Crippen LogP contribution in [0.3, 0.4) is 0 Å². The van der Waals surface area contributed by atoms with E-state index in [1.807, 2.05) is 0 Å². The van der Waals surface area contributed by atoms with Crippen LogP contribution in [0.25, 0.3) is 0 Å². The van der Waals surface area contributed by atoms with Crippen LogP contribution in [-0.4, -0.2) is 21.5 Å². The van der Waals surface area contributed by atoms with Crippen molar-refractivity contribution < 1.29 is 8.42 Å². The second kappa shape index (κ2) is 4.44.